The van der Waals surface area contributed by atoms with Crippen molar-refractivity contribution in [2.75, 3.05) is 18.5 Å². The Kier molecular flexibility index (Phi) is 6.24. The molecular weight excluding hydrogens is 410 g/mol. The van der Waals surface area contributed by atoms with Gasteiger partial charge in [0.1, 0.15) is 18.0 Å². The zero-order valence-corrected chi connectivity index (χ0v) is 18.3. The molecule has 4 aliphatic rings. The van der Waals surface area contributed by atoms with Crippen LogP contribution in [0.5, 0.6) is 5.75 Å². The molecule has 2 aliphatic heterocycles. The van der Waals surface area contributed by atoms with Crippen LogP contribution in [0.3, 0.4) is 0 Å². The molecule has 0 unspecified atom stereocenters. The van der Waals surface area contributed by atoms with Gasteiger partial charge in [-0.15, -0.1) is 0 Å². The van der Waals surface area contributed by atoms with E-state index in [-0.39, 0.29) is 49.1 Å². The second kappa shape index (κ2) is 9.27. The third-order valence-electron chi connectivity index (χ3n) is 7.15. The van der Waals surface area contributed by atoms with Gasteiger partial charge >= 0.3 is 6.03 Å². The summed E-state index contributed by atoms with van der Waals surface area (Å²) in [4.78, 5) is 24.7. The fraction of sp³-hybridized carbons (Fsp3) is 0.667. The first-order valence-electron chi connectivity index (χ1n) is 12.0. The van der Waals surface area contributed by atoms with Gasteiger partial charge in [0.2, 0.25) is 5.91 Å². The molecule has 1 saturated heterocycles. The van der Waals surface area contributed by atoms with E-state index in [1.54, 1.807) is 0 Å². The average molecular weight is 444 g/mol. The summed E-state index contributed by atoms with van der Waals surface area (Å²) < 4.78 is 12.1. The van der Waals surface area contributed by atoms with Gasteiger partial charge in [-0.25, -0.2) is 4.79 Å². The number of carbonyl (C=O) groups is 2. The molecule has 2 saturated carbocycles. The van der Waals surface area contributed by atoms with Crippen LogP contribution in [0.4, 0.5) is 10.5 Å². The molecule has 3 fully saturated rings. The van der Waals surface area contributed by atoms with Crippen LogP contribution in [0, 0.1) is 5.92 Å². The van der Waals surface area contributed by atoms with Crippen LogP contribution in [0.25, 0.3) is 0 Å². The molecule has 3 amide bonds. The van der Waals surface area contributed by atoms with Crippen molar-refractivity contribution in [1.29, 1.82) is 0 Å². The second-order valence-electron chi connectivity index (χ2n) is 9.69. The van der Waals surface area contributed by atoms with Crippen molar-refractivity contribution in [3.63, 3.8) is 0 Å². The number of anilines is 1. The number of aliphatic hydroxyl groups is 1. The van der Waals surface area contributed by atoms with E-state index in [9.17, 15) is 14.7 Å². The van der Waals surface area contributed by atoms with E-state index in [1.807, 2.05) is 18.2 Å². The monoisotopic (exact) mass is 443 g/mol. The number of aliphatic hydroxyl groups excluding tert-OH is 1. The highest BCUT2D eigenvalue weighted by Crippen LogP contribution is 2.47. The molecule has 32 heavy (non-hydrogen) atoms. The van der Waals surface area contributed by atoms with Crippen molar-refractivity contribution in [2.24, 2.45) is 5.92 Å². The van der Waals surface area contributed by atoms with Crippen LogP contribution in [-0.4, -0.2) is 54.6 Å². The molecular formula is C24H33N3O5. The molecule has 0 radical (unpaired) electrons. The van der Waals surface area contributed by atoms with Gasteiger partial charge in [-0.2, -0.15) is 0 Å². The lowest BCUT2D eigenvalue weighted by molar-refractivity contribution is -0.142. The van der Waals surface area contributed by atoms with Crippen LogP contribution in [0.2, 0.25) is 0 Å². The Morgan fingerprint density at radius 3 is 2.69 bits per heavy atom. The maximum atomic E-state index is 12.4. The predicted molar refractivity (Wildman–Crippen MR) is 119 cm³/mol. The predicted octanol–water partition coefficient (Wildman–Crippen LogP) is 2.66. The van der Waals surface area contributed by atoms with E-state index in [1.165, 1.54) is 12.8 Å². The lowest BCUT2D eigenvalue weighted by atomic mass is 9.84. The topological polar surface area (TPSA) is 109 Å². The summed E-state index contributed by atoms with van der Waals surface area (Å²) in [5.74, 6) is 1.39. The minimum Gasteiger partial charge on any atom is -0.487 e. The van der Waals surface area contributed by atoms with Crippen LogP contribution < -0.4 is 20.7 Å². The number of carbonyl (C=O) groups excluding carboxylic acids is 2. The van der Waals surface area contributed by atoms with Crippen LogP contribution >= 0.6 is 0 Å². The number of ether oxygens (including phenoxy) is 2. The summed E-state index contributed by atoms with van der Waals surface area (Å²) >= 11 is 0. The van der Waals surface area contributed by atoms with Gasteiger partial charge in [0.05, 0.1) is 19.1 Å². The van der Waals surface area contributed by atoms with Crippen LogP contribution in [0.1, 0.15) is 62.8 Å². The quantitative estimate of drug-likeness (QED) is 0.518. The Morgan fingerprint density at radius 1 is 1.12 bits per heavy atom. The van der Waals surface area contributed by atoms with Gasteiger partial charge < -0.3 is 30.5 Å². The molecule has 174 valence electrons. The number of fused-ring (bicyclic) bond motifs is 3. The maximum absolute atomic E-state index is 12.4. The van der Waals surface area contributed by atoms with E-state index in [0.29, 0.717) is 18.0 Å². The Bertz CT molecular complexity index is 852. The molecule has 1 aromatic carbocycles. The molecule has 4 atom stereocenters. The first-order valence-corrected chi connectivity index (χ1v) is 12.0. The van der Waals surface area contributed by atoms with Crippen molar-refractivity contribution in [3.8, 4) is 5.75 Å². The SMILES string of the molecule is O=C(C[C@H]1C[C@@H]2c3cc(NC(=O)NC4CCCC4)ccc3O[C@@H]2[C@H](CO)O1)NCC1CC1. The van der Waals surface area contributed by atoms with Crippen LogP contribution in [0.15, 0.2) is 18.2 Å². The summed E-state index contributed by atoms with van der Waals surface area (Å²) in [7, 11) is 0. The lowest BCUT2D eigenvalue weighted by Crippen LogP contribution is -2.47. The van der Waals surface area contributed by atoms with E-state index < -0.39 is 6.10 Å². The fourth-order valence-electron chi connectivity index (χ4n) is 5.25. The van der Waals surface area contributed by atoms with E-state index in [0.717, 1.165) is 43.5 Å². The van der Waals surface area contributed by atoms with E-state index in [4.69, 9.17) is 9.47 Å². The minimum atomic E-state index is -0.482. The molecule has 2 aliphatic carbocycles. The van der Waals surface area contributed by atoms with Crippen molar-refractivity contribution in [1.82, 2.24) is 10.6 Å². The molecule has 4 N–H and O–H groups in total. The van der Waals surface area contributed by atoms with Gasteiger partial charge in [0.15, 0.2) is 0 Å². The van der Waals surface area contributed by atoms with Gasteiger partial charge in [-0.1, -0.05) is 12.8 Å². The maximum Gasteiger partial charge on any atom is 0.319 e. The van der Waals surface area contributed by atoms with Crippen molar-refractivity contribution in [2.45, 2.75) is 81.6 Å². The number of benzene rings is 1. The number of nitrogens with one attached hydrogen (secondary N) is 3. The zero-order chi connectivity index (χ0) is 22.1. The first kappa shape index (κ1) is 21.5. The third kappa shape index (κ3) is 4.86. The molecule has 8 heteroatoms. The van der Waals surface area contributed by atoms with E-state index in [2.05, 4.69) is 16.0 Å². The summed E-state index contributed by atoms with van der Waals surface area (Å²) in [6.07, 6.45) is 6.67. The van der Waals surface area contributed by atoms with Crippen molar-refractivity contribution in [3.05, 3.63) is 23.8 Å². The highest BCUT2D eigenvalue weighted by molar-refractivity contribution is 5.89. The molecule has 1 aromatic rings. The molecule has 0 aromatic heterocycles. The highest BCUT2D eigenvalue weighted by atomic mass is 16.6. The Morgan fingerprint density at radius 2 is 1.94 bits per heavy atom. The third-order valence-corrected chi connectivity index (χ3v) is 7.15. The Balaban J connectivity index is 1.24. The average Bonchev–Trinajstić information content (AvgIpc) is 3.35. The lowest BCUT2D eigenvalue weighted by Gasteiger charge is -2.37. The smallest absolute Gasteiger partial charge is 0.319 e. The minimum absolute atomic E-state index is 0.00446. The van der Waals surface area contributed by atoms with Crippen molar-refractivity contribution < 1.29 is 24.2 Å². The molecule has 5 rings (SSSR count). The number of rotatable bonds is 7. The van der Waals surface area contributed by atoms with Gasteiger partial charge in [0.25, 0.3) is 0 Å². The van der Waals surface area contributed by atoms with Gasteiger partial charge in [0, 0.05) is 29.8 Å². The highest BCUT2D eigenvalue weighted by Gasteiger charge is 2.46. The largest absolute Gasteiger partial charge is 0.487 e. The summed E-state index contributed by atoms with van der Waals surface area (Å²) in [6.45, 7) is 0.579. The molecule has 0 bridgehead atoms. The van der Waals surface area contributed by atoms with Crippen molar-refractivity contribution >= 4 is 17.6 Å². The van der Waals surface area contributed by atoms with Crippen LogP contribution in [-0.2, 0) is 9.53 Å². The number of hydrogen-bond acceptors (Lipinski definition) is 5. The Hall–Kier alpha value is -2.32. The number of amides is 3. The Labute approximate surface area is 188 Å². The number of hydrogen-bond donors (Lipinski definition) is 4. The second-order valence-corrected chi connectivity index (χ2v) is 9.69. The van der Waals surface area contributed by atoms with Gasteiger partial charge in [-0.3, -0.25) is 4.79 Å². The summed E-state index contributed by atoms with van der Waals surface area (Å²) in [6, 6.07) is 5.73. The van der Waals surface area contributed by atoms with E-state index >= 15 is 0 Å². The first-order chi connectivity index (χ1) is 15.6. The summed E-state index contributed by atoms with van der Waals surface area (Å²) in [5, 5.41) is 18.9. The number of urea groups is 1. The zero-order valence-electron chi connectivity index (χ0n) is 18.3. The molecule has 8 nitrogen and oxygen atoms in total. The summed E-state index contributed by atoms with van der Waals surface area (Å²) in [5.41, 5.74) is 1.72. The standard InChI is InChI=1S/C24H33N3O5/c28-13-21-23-19(10-17(31-21)11-22(29)25-12-14-5-6-14)18-9-16(7-8-20(18)32-23)27-24(30)26-15-3-1-2-4-15/h7-9,14-15,17,19,21,23,28H,1-6,10-13H2,(H,25,29)(H2,26,27,30)/t17-,19-,21+,23+/m1/s1. The fourth-order valence-corrected chi connectivity index (χ4v) is 5.25. The molecule has 0 spiro atoms. The molecule has 2 heterocycles. The normalized spacial score (nSPS) is 29.0. The van der Waals surface area contributed by atoms with Gasteiger partial charge in [-0.05, 0) is 56.2 Å².